The fraction of sp³-hybridized carbons (Fsp3) is 0.444. The van der Waals surface area contributed by atoms with Gasteiger partial charge >= 0.3 is 0 Å². The Bertz CT molecular complexity index is 576. The first-order chi connectivity index (χ1) is 8.82. The zero-order chi connectivity index (χ0) is 14.2. The van der Waals surface area contributed by atoms with E-state index in [1.807, 2.05) is 12.1 Å². The molecule has 0 aliphatic heterocycles. The Hall–Kier alpha value is -1.50. The molecule has 1 heteroatoms. The van der Waals surface area contributed by atoms with Crippen molar-refractivity contribution in [1.82, 2.24) is 0 Å². The summed E-state index contributed by atoms with van der Waals surface area (Å²) >= 11 is 0. The van der Waals surface area contributed by atoms with Crippen LogP contribution in [0, 0.1) is 11.3 Å². The second-order valence-corrected chi connectivity index (χ2v) is 6.81. The van der Waals surface area contributed by atoms with Crippen LogP contribution < -0.4 is 0 Å². The monoisotopic (exact) mass is 256 g/mol. The molecule has 19 heavy (non-hydrogen) atoms. The Kier molecular flexibility index (Phi) is 3.58. The zero-order valence-electron chi connectivity index (χ0n) is 12.6. The fourth-order valence-electron chi connectivity index (χ4n) is 3.41. The molecule has 1 N–H and O–H groups in total. The number of aromatic hydroxyl groups is 1. The van der Waals surface area contributed by atoms with Crippen LogP contribution in [0.15, 0.2) is 36.4 Å². The van der Waals surface area contributed by atoms with Crippen molar-refractivity contribution in [2.24, 2.45) is 11.3 Å². The maximum atomic E-state index is 10.0. The van der Waals surface area contributed by atoms with Gasteiger partial charge in [0.2, 0.25) is 0 Å². The van der Waals surface area contributed by atoms with Crippen molar-refractivity contribution in [2.45, 2.75) is 40.5 Å². The van der Waals surface area contributed by atoms with E-state index >= 15 is 0 Å². The molecule has 2 rings (SSSR count). The van der Waals surface area contributed by atoms with Gasteiger partial charge in [-0.25, -0.2) is 0 Å². The number of phenolic OH excluding ortho intramolecular Hbond substituents is 1. The molecule has 0 radical (unpaired) electrons. The quantitative estimate of drug-likeness (QED) is 0.769. The smallest absolute Gasteiger partial charge is 0.123 e. The van der Waals surface area contributed by atoms with E-state index in [9.17, 15) is 5.11 Å². The van der Waals surface area contributed by atoms with Gasteiger partial charge in [-0.05, 0) is 34.3 Å². The molecule has 0 saturated heterocycles. The van der Waals surface area contributed by atoms with Gasteiger partial charge in [0.1, 0.15) is 5.75 Å². The first-order valence-corrected chi connectivity index (χ1v) is 7.03. The lowest BCUT2D eigenvalue weighted by molar-refractivity contribution is 0.260. The topological polar surface area (TPSA) is 20.2 Å². The average Bonchev–Trinajstić information content (AvgIpc) is 2.28. The SMILES string of the molecule is CC(C)C(c1cccc2c(O)cccc12)C(C)(C)C. The van der Waals surface area contributed by atoms with Gasteiger partial charge in [-0.15, -0.1) is 0 Å². The summed E-state index contributed by atoms with van der Waals surface area (Å²) in [6.45, 7) is 11.4. The molecule has 2 aromatic carbocycles. The number of fused-ring (bicyclic) bond motifs is 1. The van der Waals surface area contributed by atoms with Crippen molar-refractivity contribution in [2.75, 3.05) is 0 Å². The van der Waals surface area contributed by atoms with Crippen LogP contribution in [0.4, 0.5) is 0 Å². The summed E-state index contributed by atoms with van der Waals surface area (Å²) < 4.78 is 0. The van der Waals surface area contributed by atoms with E-state index in [0.717, 1.165) is 5.39 Å². The average molecular weight is 256 g/mol. The van der Waals surface area contributed by atoms with E-state index in [-0.39, 0.29) is 5.41 Å². The summed E-state index contributed by atoms with van der Waals surface area (Å²) in [6.07, 6.45) is 0. The Balaban J connectivity index is 2.71. The van der Waals surface area contributed by atoms with Crippen molar-refractivity contribution in [3.05, 3.63) is 42.0 Å². The van der Waals surface area contributed by atoms with Gasteiger partial charge in [-0.1, -0.05) is 65.0 Å². The molecule has 1 nitrogen and oxygen atoms in total. The molecule has 1 unspecified atom stereocenters. The van der Waals surface area contributed by atoms with E-state index in [1.54, 1.807) is 6.07 Å². The summed E-state index contributed by atoms with van der Waals surface area (Å²) in [5, 5.41) is 12.1. The summed E-state index contributed by atoms with van der Waals surface area (Å²) in [6, 6.07) is 12.1. The third kappa shape index (κ3) is 2.60. The van der Waals surface area contributed by atoms with Gasteiger partial charge < -0.3 is 5.11 Å². The first-order valence-electron chi connectivity index (χ1n) is 7.03. The fourth-order valence-corrected chi connectivity index (χ4v) is 3.41. The number of rotatable bonds is 2. The van der Waals surface area contributed by atoms with Crippen molar-refractivity contribution < 1.29 is 5.11 Å². The van der Waals surface area contributed by atoms with Crippen molar-refractivity contribution >= 4 is 10.8 Å². The van der Waals surface area contributed by atoms with Gasteiger partial charge in [0.25, 0.3) is 0 Å². The van der Waals surface area contributed by atoms with E-state index in [4.69, 9.17) is 0 Å². The number of benzene rings is 2. The molecule has 0 heterocycles. The van der Waals surface area contributed by atoms with Crippen LogP contribution in [0.1, 0.15) is 46.1 Å². The summed E-state index contributed by atoms with van der Waals surface area (Å²) in [5.74, 6) is 1.40. The molecule has 0 saturated carbocycles. The maximum Gasteiger partial charge on any atom is 0.123 e. The number of phenols is 1. The van der Waals surface area contributed by atoms with E-state index in [0.29, 0.717) is 17.6 Å². The lowest BCUT2D eigenvalue weighted by atomic mass is 9.69. The molecule has 0 aliphatic rings. The predicted molar refractivity (Wildman–Crippen MR) is 82.6 cm³/mol. The Morgan fingerprint density at radius 1 is 0.895 bits per heavy atom. The van der Waals surface area contributed by atoms with Crippen LogP contribution in [0.3, 0.4) is 0 Å². The van der Waals surface area contributed by atoms with Gasteiger partial charge in [-0.2, -0.15) is 0 Å². The van der Waals surface area contributed by atoms with Crippen LogP contribution >= 0.6 is 0 Å². The standard InChI is InChI=1S/C18H24O/c1-12(2)17(18(3,4)5)15-10-6-9-14-13(15)8-7-11-16(14)19/h6-12,17,19H,1-5H3. The molecule has 0 aromatic heterocycles. The van der Waals surface area contributed by atoms with Gasteiger partial charge in [0, 0.05) is 5.39 Å². The highest BCUT2D eigenvalue weighted by atomic mass is 16.3. The second kappa shape index (κ2) is 4.88. The summed E-state index contributed by atoms with van der Waals surface area (Å²) in [5.41, 5.74) is 1.55. The highest BCUT2D eigenvalue weighted by Gasteiger charge is 2.30. The predicted octanol–water partition coefficient (Wildman–Crippen LogP) is 5.33. The van der Waals surface area contributed by atoms with Crippen LogP contribution in [0.2, 0.25) is 0 Å². The Labute approximate surface area is 116 Å². The highest BCUT2D eigenvalue weighted by molar-refractivity contribution is 5.91. The highest BCUT2D eigenvalue weighted by Crippen LogP contribution is 2.43. The van der Waals surface area contributed by atoms with Crippen LogP contribution in [0.5, 0.6) is 5.75 Å². The zero-order valence-corrected chi connectivity index (χ0v) is 12.6. The minimum Gasteiger partial charge on any atom is -0.507 e. The third-order valence-corrected chi connectivity index (χ3v) is 3.87. The molecule has 1 atom stereocenters. The first kappa shape index (κ1) is 13.9. The van der Waals surface area contributed by atoms with E-state index in [2.05, 4.69) is 52.8 Å². The van der Waals surface area contributed by atoms with Crippen molar-refractivity contribution in [3.8, 4) is 5.75 Å². The number of hydrogen-bond donors (Lipinski definition) is 1. The molecule has 0 spiro atoms. The van der Waals surface area contributed by atoms with E-state index in [1.165, 1.54) is 10.9 Å². The normalized spacial score (nSPS) is 14.0. The van der Waals surface area contributed by atoms with Gasteiger partial charge in [0.15, 0.2) is 0 Å². The van der Waals surface area contributed by atoms with Crippen LogP contribution in [-0.4, -0.2) is 5.11 Å². The Morgan fingerprint density at radius 2 is 1.47 bits per heavy atom. The molecule has 0 aliphatic carbocycles. The van der Waals surface area contributed by atoms with Crippen molar-refractivity contribution in [1.29, 1.82) is 0 Å². The summed E-state index contributed by atoms with van der Waals surface area (Å²) in [4.78, 5) is 0. The molecule has 0 fully saturated rings. The van der Waals surface area contributed by atoms with Crippen LogP contribution in [0.25, 0.3) is 10.8 Å². The van der Waals surface area contributed by atoms with Crippen LogP contribution in [-0.2, 0) is 0 Å². The van der Waals surface area contributed by atoms with Gasteiger partial charge in [-0.3, -0.25) is 0 Å². The minimum atomic E-state index is 0.202. The molecular weight excluding hydrogens is 232 g/mol. The third-order valence-electron chi connectivity index (χ3n) is 3.87. The minimum absolute atomic E-state index is 0.202. The largest absolute Gasteiger partial charge is 0.507 e. The molecule has 0 bridgehead atoms. The molecular formula is C18H24O. The van der Waals surface area contributed by atoms with Crippen molar-refractivity contribution in [3.63, 3.8) is 0 Å². The van der Waals surface area contributed by atoms with Gasteiger partial charge in [0.05, 0.1) is 0 Å². The molecule has 0 amide bonds. The summed E-state index contributed by atoms with van der Waals surface area (Å²) in [7, 11) is 0. The molecule has 102 valence electrons. The maximum absolute atomic E-state index is 10.0. The second-order valence-electron chi connectivity index (χ2n) is 6.81. The lowest BCUT2D eigenvalue weighted by Crippen LogP contribution is -2.23. The lowest BCUT2D eigenvalue weighted by Gasteiger charge is -2.35. The van der Waals surface area contributed by atoms with E-state index < -0.39 is 0 Å². The number of hydrogen-bond acceptors (Lipinski definition) is 1. The Morgan fingerprint density at radius 3 is 2.05 bits per heavy atom. The molecule has 2 aromatic rings.